The molecule has 0 spiro atoms. The minimum absolute atomic E-state index is 0. The van der Waals surface area contributed by atoms with Crippen molar-refractivity contribution in [3.63, 3.8) is 0 Å². The molecule has 23 heavy (non-hydrogen) atoms. The second-order valence-corrected chi connectivity index (χ2v) is 6.26. The fraction of sp³-hybridized carbons (Fsp3) is 0.947. The van der Waals surface area contributed by atoms with E-state index in [1.165, 1.54) is 44.9 Å². The maximum atomic E-state index is 8.06. The van der Waals surface area contributed by atoms with E-state index in [-0.39, 0.29) is 40.0 Å². The molecule has 0 bridgehead atoms. The Balaban J connectivity index is -0.0000000700. The van der Waals surface area contributed by atoms with Gasteiger partial charge in [0.2, 0.25) is 0 Å². The topological polar surface area (TPSA) is 60.7 Å². The van der Waals surface area contributed by atoms with Crippen molar-refractivity contribution in [3.05, 3.63) is 6.92 Å². The van der Waals surface area contributed by atoms with Gasteiger partial charge in [0.25, 0.3) is 0 Å². The Hall–Kier alpha value is 0.594. The van der Waals surface area contributed by atoms with E-state index in [1.54, 1.807) is 41.5 Å². The first-order valence-electron chi connectivity index (χ1n) is 8.95. The van der Waals surface area contributed by atoms with Gasteiger partial charge in [0.1, 0.15) is 0 Å². The Labute approximate surface area is 162 Å². The minimum atomic E-state index is -0.167. The van der Waals surface area contributed by atoms with Crippen LogP contribution in [0.3, 0.4) is 0 Å². The summed E-state index contributed by atoms with van der Waals surface area (Å²) in [5, 5.41) is 24.2. The molecule has 0 saturated carbocycles. The van der Waals surface area contributed by atoms with E-state index < -0.39 is 0 Å². The molecule has 0 fully saturated rings. The molecule has 0 rings (SSSR count). The molecule has 0 aromatic carbocycles. The van der Waals surface area contributed by atoms with Crippen LogP contribution in [0, 0.1) is 6.92 Å². The SMILES string of the molecule is CC(C)O.CC(C)O.CC(C)O.[CH2-]CCCCCCCCC.[Ti]. The first-order valence-corrected chi connectivity index (χ1v) is 8.95. The first kappa shape index (κ1) is 34.8. The monoisotopic (exact) mass is 369 g/mol. The predicted octanol–water partition coefficient (Wildman–Crippen LogP) is 5.12. The number of aliphatic hydroxyl groups excluding tert-OH is 3. The van der Waals surface area contributed by atoms with Crippen molar-refractivity contribution in [2.45, 2.75) is 118 Å². The minimum Gasteiger partial charge on any atom is -0.394 e. The van der Waals surface area contributed by atoms with Gasteiger partial charge in [-0.3, -0.25) is 0 Å². The average Bonchev–Trinajstić information content (AvgIpc) is 2.31. The van der Waals surface area contributed by atoms with Crippen molar-refractivity contribution in [1.29, 1.82) is 0 Å². The summed E-state index contributed by atoms with van der Waals surface area (Å²) in [4.78, 5) is 0. The molecule has 0 aliphatic rings. The Bertz CT molecular complexity index is 121. The van der Waals surface area contributed by atoms with E-state index in [1.807, 2.05) is 0 Å². The van der Waals surface area contributed by atoms with Crippen LogP contribution < -0.4 is 0 Å². The molecule has 3 nitrogen and oxygen atoms in total. The van der Waals surface area contributed by atoms with Crippen molar-refractivity contribution in [2.75, 3.05) is 0 Å². The van der Waals surface area contributed by atoms with Gasteiger partial charge < -0.3 is 22.2 Å². The van der Waals surface area contributed by atoms with Gasteiger partial charge >= 0.3 is 0 Å². The first-order chi connectivity index (χ1) is 10.1. The number of hydrogen-bond donors (Lipinski definition) is 3. The van der Waals surface area contributed by atoms with Crippen LogP contribution in [-0.4, -0.2) is 33.6 Å². The third-order valence-electron chi connectivity index (χ3n) is 1.85. The van der Waals surface area contributed by atoms with Gasteiger partial charge in [-0.1, -0.05) is 51.9 Å². The van der Waals surface area contributed by atoms with Crippen LogP contribution in [0.15, 0.2) is 0 Å². The maximum absolute atomic E-state index is 8.06. The molecule has 0 aliphatic heterocycles. The summed E-state index contributed by atoms with van der Waals surface area (Å²) in [6.45, 7) is 16.4. The molecule has 0 radical (unpaired) electrons. The fourth-order valence-electron chi connectivity index (χ4n) is 1.13. The third-order valence-corrected chi connectivity index (χ3v) is 1.85. The van der Waals surface area contributed by atoms with Crippen LogP contribution in [0.2, 0.25) is 0 Å². The number of unbranched alkanes of at least 4 members (excludes halogenated alkanes) is 7. The molecule has 0 atom stereocenters. The molecule has 0 aromatic rings. The smallest absolute Gasteiger partial charge is 0.0483 e. The Kier molecular flexibility index (Phi) is 51.6. The molecule has 0 aliphatic carbocycles. The summed E-state index contributed by atoms with van der Waals surface area (Å²) < 4.78 is 0. The van der Waals surface area contributed by atoms with E-state index in [9.17, 15) is 0 Å². The normalized spacial score (nSPS) is 9.13. The molecule has 0 heterocycles. The fourth-order valence-corrected chi connectivity index (χ4v) is 1.13. The Morgan fingerprint density at radius 2 is 0.826 bits per heavy atom. The van der Waals surface area contributed by atoms with E-state index >= 15 is 0 Å². The predicted molar refractivity (Wildman–Crippen MR) is 100 cm³/mol. The number of aliphatic hydroxyl groups is 3. The molecule has 0 aromatic heterocycles. The van der Waals surface area contributed by atoms with Crippen LogP contribution in [0.1, 0.15) is 99.8 Å². The average molecular weight is 369 g/mol. The molecular formula is C19H45O3Ti-. The molecule has 3 N–H and O–H groups in total. The van der Waals surface area contributed by atoms with Gasteiger partial charge in [0, 0.05) is 40.0 Å². The van der Waals surface area contributed by atoms with Crippen LogP contribution >= 0.6 is 0 Å². The molecule has 0 unspecified atom stereocenters. The Morgan fingerprint density at radius 1 is 0.609 bits per heavy atom. The van der Waals surface area contributed by atoms with Crippen molar-refractivity contribution in [2.24, 2.45) is 0 Å². The second-order valence-electron chi connectivity index (χ2n) is 6.26. The van der Waals surface area contributed by atoms with Gasteiger partial charge in [0.15, 0.2) is 0 Å². The molecule has 0 saturated heterocycles. The summed E-state index contributed by atoms with van der Waals surface area (Å²) >= 11 is 0. The largest absolute Gasteiger partial charge is 0.394 e. The zero-order valence-electron chi connectivity index (χ0n) is 16.9. The van der Waals surface area contributed by atoms with E-state index in [2.05, 4.69) is 13.8 Å². The maximum Gasteiger partial charge on any atom is 0.0483 e. The van der Waals surface area contributed by atoms with E-state index in [4.69, 9.17) is 15.3 Å². The van der Waals surface area contributed by atoms with Gasteiger partial charge in [-0.2, -0.15) is 6.42 Å². The second kappa shape index (κ2) is 34.0. The van der Waals surface area contributed by atoms with Crippen molar-refractivity contribution in [1.82, 2.24) is 0 Å². The number of rotatable bonds is 7. The van der Waals surface area contributed by atoms with Gasteiger partial charge in [0.05, 0.1) is 0 Å². The van der Waals surface area contributed by atoms with E-state index in [0.717, 1.165) is 6.42 Å². The van der Waals surface area contributed by atoms with Gasteiger partial charge in [-0.05, 0) is 41.5 Å². The summed E-state index contributed by atoms with van der Waals surface area (Å²) in [6, 6.07) is 0. The van der Waals surface area contributed by atoms with Gasteiger partial charge in [-0.25, -0.2) is 0 Å². The summed E-state index contributed by atoms with van der Waals surface area (Å²) in [6.07, 6.45) is 10.4. The third kappa shape index (κ3) is 166. The molecular weight excluding hydrogens is 324 g/mol. The Morgan fingerprint density at radius 3 is 1.04 bits per heavy atom. The zero-order valence-corrected chi connectivity index (χ0v) is 18.5. The van der Waals surface area contributed by atoms with Crippen molar-refractivity contribution in [3.8, 4) is 0 Å². The standard InChI is InChI=1S/C10H21.3C3H8O.Ti/c1-3-5-7-9-10-8-6-4-2;3*1-3(2)4;/h1,3-10H2,2H3;3*3-4H,1-2H3;/q-1;;;;. The van der Waals surface area contributed by atoms with E-state index in [0.29, 0.717) is 0 Å². The van der Waals surface area contributed by atoms with Gasteiger partial charge in [-0.15, -0.1) is 0 Å². The number of hydrogen-bond acceptors (Lipinski definition) is 3. The van der Waals surface area contributed by atoms with Crippen molar-refractivity contribution >= 4 is 0 Å². The quantitative estimate of drug-likeness (QED) is 0.332. The van der Waals surface area contributed by atoms with Crippen LogP contribution in [-0.2, 0) is 21.7 Å². The summed E-state index contributed by atoms with van der Waals surface area (Å²) in [7, 11) is 0. The summed E-state index contributed by atoms with van der Waals surface area (Å²) in [5.74, 6) is 0. The molecule has 0 amide bonds. The summed E-state index contributed by atoms with van der Waals surface area (Å²) in [5.41, 5.74) is 0. The van der Waals surface area contributed by atoms with Crippen LogP contribution in [0.4, 0.5) is 0 Å². The molecule has 4 heteroatoms. The van der Waals surface area contributed by atoms with Crippen molar-refractivity contribution < 1.29 is 37.0 Å². The zero-order chi connectivity index (χ0) is 18.4. The van der Waals surface area contributed by atoms with Crippen LogP contribution in [0.25, 0.3) is 0 Å². The molecule has 144 valence electrons. The van der Waals surface area contributed by atoms with Crippen LogP contribution in [0.5, 0.6) is 0 Å².